The summed E-state index contributed by atoms with van der Waals surface area (Å²) in [5.74, 6) is 0.523. The topological polar surface area (TPSA) is 83.6 Å². The van der Waals surface area contributed by atoms with Gasteiger partial charge in [-0.1, -0.05) is 67.0 Å². The molecule has 3 aromatic carbocycles. The maximum absolute atomic E-state index is 12.7. The third kappa shape index (κ3) is 5.57. The van der Waals surface area contributed by atoms with Crippen LogP contribution in [-0.4, -0.2) is 26.4 Å². The van der Waals surface area contributed by atoms with Crippen LogP contribution in [0.5, 0.6) is 0 Å². The molecule has 9 heteroatoms. The molecule has 0 aliphatic carbocycles. The van der Waals surface area contributed by atoms with E-state index in [1.807, 2.05) is 10.6 Å². The van der Waals surface area contributed by atoms with E-state index in [2.05, 4.69) is 53.6 Å². The van der Waals surface area contributed by atoms with E-state index in [0.29, 0.717) is 37.8 Å². The molecule has 6 nitrogen and oxygen atoms in total. The van der Waals surface area contributed by atoms with Gasteiger partial charge in [-0.05, 0) is 66.4 Å². The number of rotatable bonds is 8. The normalized spacial score (nSPS) is 10.8. The Morgan fingerprint density at radius 3 is 2.33 bits per heavy atom. The molecule has 0 saturated carbocycles. The fourth-order valence-corrected chi connectivity index (χ4v) is 5.10. The van der Waals surface area contributed by atoms with Crippen LogP contribution < -0.4 is 5.32 Å². The molecule has 0 spiro atoms. The molecule has 0 atom stereocenters. The van der Waals surface area contributed by atoms with Gasteiger partial charge in [0.2, 0.25) is 5.91 Å². The number of benzene rings is 3. The number of aromatic nitrogens is 3. The number of halogens is 2. The zero-order valence-electron chi connectivity index (χ0n) is 19.8. The third-order valence-corrected chi connectivity index (χ3v) is 7.10. The molecule has 1 amide bonds. The van der Waals surface area contributed by atoms with Gasteiger partial charge in [-0.15, -0.1) is 10.2 Å². The Kier molecular flexibility index (Phi) is 8.32. The number of nitrogens with one attached hydrogen (secondary N) is 1. The molecule has 0 unspecified atom stereocenters. The molecule has 1 aromatic heterocycles. The van der Waals surface area contributed by atoms with Crippen LogP contribution in [0.4, 0.5) is 5.69 Å². The Morgan fingerprint density at radius 2 is 1.72 bits per heavy atom. The Morgan fingerprint density at radius 1 is 1.03 bits per heavy atom. The summed E-state index contributed by atoms with van der Waals surface area (Å²) in [6.07, 6.45) is 1.64. The van der Waals surface area contributed by atoms with Crippen LogP contribution in [0.25, 0.3) is 17.1 Å². The predicted molar refractivity (Wildman–Crippen MR) is 146 cm³/mol. The van der Waals surface area contributed by atoms with Crippen molar-refractivity contribution in [1.82, 2.24) is 14.8 Å². The second-order valence-corrected chi connectivity index (χ2v) is 9.71. The first kappa shape index (κ1) is 25.8. The number of aryl methyl sites for hydroxylation is 2. The molecule has 36 heavy (non-hydrogen) atoms. The average Bonchev–Trinajstić information content (AvgIpc) is 3.30. The lowest BCUT2D eigenvalue weighted by Gasteiger charge is -2.18. The van der Waals surface area contributed by atoms with Crippen LogP contribution in [0.15, 0.2) is 65.8 Å². The largest absolute Gasteiger partial charge is 0.325 e. The van der Waals surface area contributed by atoms with Gasteiger partial charge in [0.05, 0.1) is 28.1 Å². The van der Waals surface area contributed by atoms with Crippen molar-refractivity contribution < 1.29 is 4.79 Å². The standard InChI is InChI=1S/C27H23Cl2N5OS/c1-3-18-6-5-7-19(4-2)25(18)34-26(22-13-10-20(28)14-23(22)29)32-33-27(34)36-16-24(35)31-21-11-8-17(15-30)9-12-21/h5-14H,3-4,16H2,1-2H3,(H,31,35). The van der Waals surface area contributed by atoms with Crippen molar-refractivity contribution in [2.45, 2.75) is 31.8 Å². The predicted octanol–water partition coefficient (Wildman–Crippen LogP) is 6.97. The van der Waals surface area contributed by atoms with Crippen molar-refractivity contribution in [3.63, 3.8) is 0 Å². The van der Waals surface area contributed by atoms with Crippen molar-refractivity contribution in [3.8, 4) is 23.1 Å². The Bertz CT molecular complexity index is 1420. The monoisotopic (exact) mass is 535 g/mol. The van der Waals surface area contributed by atoms with E-state index in [9.17, 15) is 4.79 Å². The van der Waals surface area contributed by atoms with Gasteiger partial charge in [0.1, 0.15) is 0 Å². The first-order valence-electron chi connectivity index (χ1n) is 11.4. The molecular formula is C27H23Cl2N5OS. The molecule has 4 aromatic rings. The van der Waals surface area contributed by atoms with Crippen molar-refractivity contribution in [2.75, 3.05) is 11.1 Å². The van der Waals surface area contributed by atoms with Gasteiger partial charge in [-0.2, -0.15) is 5.26 Å². The van der Waals surface area contributed by atoms with Crippen molar-refractivity contribution in [3.05, 3.63) is 87.4 Å². The van der Waals surface area contributed by atoms with E-state index in [4.69, 9.17) is 28.5 Å². The second-order valence-electron chi connectivity index (χ2n) is 7.92. The Balaban J connectivity index is 1.71. The van der Waals surface area contributed by atoms with E-state index in [1.54, 1.807) is 36.4 Å². The van der Waals surface area contributed by atoms with Gasteiger partial charge < -0.3 is 5.32 Å². The fourth-order valence-electron chi connectivity index (χ4n) is 3.87. The minimum absolute atomic E-state index is 0.127. The van der Waals surface area contributed by atoms with E-state index in [-0.39, 0.29) is 11.7 Å². The SMILES string of the molecule is CCc1cccc(CC)c1-n1c(SCC(=O)Nc2ccc(C#N)cc2)nnc1-c1ccc(Cl)cc1Cl. The summed E-state index contributed by atoms with van der Waals surface area (Å²) in [6, 6.07) is 20.3. The third-order valence-electron chi connectivity index (χ3n) is 5.62. The van der Waals surface area contributed by atoms with Gasteiger partial charge in [-0.25, -0.2) is 0 Å². The minimum atomic E-state index is -0.190. The number of nitrogens with zero attached hydrogens (tertiary/aromatic N) is 4. The van der Waals surface area contributed by atoms with Gasteiger partial charge >= 0.3 is 0 Å². The van der Waals surface area contributed by atoms with Crippen molar-refractivity contribution in [2.24, 2.45) is 0 Å². The molecular weight excluding hydrogens is 513 g/mol. The van der Waals surface area contributed by atoms with Crippen molar-refractivity contribution in [1.29, 1.82) is 5.26 Å². The highest BCUT2D eigenvalue weighted by molar-refractivity contribution is 7.99. The zero-order chi connectivity index (χ0) is 25.7. The average molecular weight is 536 g/mol. The smallest absolute Gasteiger partial charge is 0.234 e. The quantitative estimate of drug-likeness (QED) is 0.246. The van der Waals surface area contributed by atoms with E-state index in [0.717, 1.165) is 29.7 Å². The van der Waals surface area contributed by atoms with Crippen LogP contribution in [0.3, 0.4) is 0 Å². The fraction of sp³-hybridized carbons (Fsp3) is 0.185. The number of carbonyl (C=O) groups excluding carboxylic acids is 1. The highest BCUT2D eigenvalue weighted by atomic mass is 35.5. The van der Waals surface area contributed by atoms with E-state index >= 15 is 0 Å². The summed E-state index contributed by atoms with van der Waals surface area (Å²) in [5.41, 5.74) is 5.15. The molecule has 0 radical (unpaired) electrons. The highest BCUT2D eigenvalue weighted by Gasteiger charge is 2.22. The summed E-state index contributed by atoms with van der Waals surface area (Å²) in [7, 11) is 0. The first-order valence-corrected chi connectivity index (χ1v) is 13.1. The van der Waals surface area contributed by atoms with Crippen LogP contribution in [-0.2, 0) is 17.6 Å². The number of hydrogen-bond donors (Lipinski definition) is 1. The lowest BCUT2D eigenvalue weighted by atomic mass is 10.0. The summed E-state index contributed by atoms with van der Waals surface area (Å²) in [4.78, 5) is 12.7. The molecule has 0 bridgehead atoms. The molecule has 0 aliphatic heterocycles. The summed E-state index contributed by atoms with van der Waals surface area (Å²) < 4.78 is 1.99. The van der Waals surface area contributed by atoms with Gasteiger partial charge in [0, 0.05) is 16.3 Å². The highest BCUT2D eigenvalue weighted by Crippen LogP contribution is 2.36. The molecule has 0 saturated heterocycles. The van der Waals surface area contributed by atoms with E-state index < -0.39 is 0 Å². The van der Waals surface area contributed by atoms with Crippen LogP contribution in [0, 0.1) is 11.3 Å². The summed E-state index contributed by atoms with van der Waals surface area (Å²) >= 11 is 14.0. The van der Waals surface area contributed by atoms with Crippen LogP contribution >= 0.6 is 35.0 Å². The second kappa shape index (κ2) is 11.6. The van der Waals surface area contributed by atoms with Crippen molar-refractivity contribution >= 4 is 46.6 Å². The molecule has 182 valence electrons. The van der Waals surface area contributed by atoms with Gasteiger partial charge in [-0.3, -0.25) is 9.36 Å². The maximum atomic E-state index is 12.7. The van der Waals surface area contributed by atoms with Gasteiger partial charge in [0.25, 0.3) is 0 Å². The number of thioether (sulfide) groups is 1. The number of carbonyl (C=O) groups is 1. The number of anilines is 1. The number of para-hydroxylation sites is 1. The maximum Gasteiger partial charge on any atom is 0.234 e. The zero-order valence-corrected chi connectivity index (χ0v) is 22.1. The Labute approximate surface area is 224 Å². The molecule has 1 N–H and O–H groups in total. The lowest BCUT2D eigenvalue weighted by Crippen LogP contribution is -2.15. The van der Waals surface area contributed by atoms with Gasteiger partial charge in [0.15, 0.2) is 11.0 Å². The molecule has 4 rings (SSSR count). The Hall–Kier alpha value is -3.31. The minimum Gasteiger partial charge on any atom is -0.325 e. The summed E-state index contributed by atoms with van der Waals surface area (Å²) in [5, 5.41) is 22.3. The molecule has 0 aliphatic rings. The van der Waals surface area contributed by atoms with Crippen LogP contribution in [0.2, 0.25) is 10.0 Å². The van der Waals surface area contributed by atoms with Crippen LogP contribution in [0.1, 0.15) is 30.5 Å². The number of nitriles is 1. The van der Waals surface area contributed by atoms with E-state index in [1.165, 1.54) is 11.8 Å². The molecule has 1 heterocycles. The lowest BCUT2D eigenvalue weighted by molar-refractivity contribution is -0.113. The molecule has 0 fully saturated rings. The first-order chi connectivity index (χ1) is 17.4. The summed E-state index contributed by atoms with van der Waals surface area (Å²) in [6.45, 7) is 4.21. The number of hydrogen-bond acceptors (Lipinski definition) is 5. The number of amides is 1.